The van der Waals surface area contributed by atoms with Crippen LogP contribution in [0.2, 0.25) is 0 Å². The molecule has 1 heterocycles. The molecule has 0 aromatic heterocycles. The summed E-state index contributed by atoms with van der Waals surface area (Å²) in [7, 11) is 1.34. The molecule has 0 N–H and O–H groups in total. The SMILES string of the molecule is COC(=O)/C=C\[C@@H](OCc1ccccc1)[C@@H]1COC(C)(C)O1. The third-order valence-electron chi connectivity index (χ3n) is 3.31. The van der Waals surface area contributed by atoms with Crippen LogP contribution < -0.4 is 0 Å². The Morgan fingerprint density at radius 3 is 2.73 bits per heavy atom. The van der Waals surface area contributed by atoms with Gasteiger partial charge in [0.15, 0.2) is 5.79 Å². The van der Waals surface area contributed by atoms with E-state index in [2.05, 4.69) is 4.74 Å². The summed E-state index contributed by atoms with van der Waals surface area (Å²) in [6.45, 7) is 4.55. The summed E-state index contributed by atoms with van der Waals surface area (Å²) in [6.07, 6.45) is 2.36. The fourth-order valence-corrected chi connectivity index (χ4v) is 2.17. The van der Waals surface area contributed by atoms with Crippen LogP contribution >= 0.6 is 0 Å². The van der Waals surface area contributed by atoms with Crippen molar-refractivity contribution in [1.82, 2.24) is 0 Å². The van der Waals surface area contributed by atoms with Crippen molar-refractivity contribution in [3.05, 3.63) is 48.0 Å². The number of hydrogen-bond acceptors (Lipinski definition) is 5. The van der Waals surface area contributed by atoms with E-state index in [0.717, 1.165) is 5.56 Å². The highest BCUT2D eigenvalue weighted by Crippen LogP contribution is 2.26. The Bertz CT molecular complexity index is 509. The first-order chi connectivity index (χ1) is 10.5. The van der Waals surface area contributed by atoms with Crippen molar-refractivity contribution in [2.75, 3.05) is 13.7 Å². The van der Waals surface area contributed by atoms with Gasteiger partial charge in [-0.25, -0.2) is 4.79 Å². The molecule has 0 radical (unpaired) electrons. The Morgan fingerprint density at radius 1 is 1.41 bits per heavy atom. The lowest BCUT2D eigenvalue weighted by molar-refractivity contribution is -0.152. The Kier molecular flexibility index (Phi) is 5.71. The number of esters is 1. The van der Waals surface area contributed by atoms with E-state index in [9.17, 15) is 4.79 Å². The van der Waals surface area contributed by atoms with E-state index < -0.39 is 11.8 Å². The minimum atomic E-state index is -0.641. The summed E-state index contributed by atoms with van der Waals surface area (Å²) in [5.41, 5.74) is 1.05. The van der Waals surface area contributed by atoms with Gasteiger partial charge < -0.3 is 18.9 Å². The van der Waals surface area contributed by atoms with Gasteiger partial charge in [0.2, 0.25) is 0 Å². The average Bonchev–Trinajstić information content (AvgIpc) is 2.88. The Hall–Kier alpha value is -1.69. The summed E-state index contributed by atoms with van der Waals surface area (Å²) in [5.74, 6) is -1.07. The molecule has 0 saturated carbocycles. The molecule has 1 aliphatic rings. The number of ether oxygens (including phenoxy) is 4. The van der Waals surface area contributed by atoms with Gasteiger partial charge in [-0.15, -0.1) is 0 Å². The maximum Gasteiger partial charge on any atom is 0.330 e. The van der Waals surface area contributed by atoms with Gasteiger partial charge in [-0.1, -0.05) is 30.3 Å². The van der Waals surface area contributed by atoms with Crippen molar-refractivity contribution in [1.29, 1.82) is 0 Å². The Morgan fingerprint density at radius 2 is 2.14 bits per heavy atom. The summed E-state index contributed by atoms with van der Waals surface area (Å²) in [4.78, 5) is 11.3. The van der Waals surface area contributed by atoms with Crippen molar-refractivity contribution in [3.8, 4) is 0 Å². The minimum Gasteiger partial charge on any atom is -0.466 e. The van der Waals surface area contributed by atoms with E-state index in [1.807, 2.05) is 44.2 Å². The van der Waals surface area contributed by atoms with Gasteiger partial charge in [-0.05, 0) is 25.5 Å². The molecule has 0 spiro atoms. The predicted octanol–water partition coefficient (Wildman–Crippen LogP) is 2.45. The van der Waals surface area contributed by atoms with Gasteiger partial charge in [0.25, 0.3) is 0 Å². The van der Waals surface area contributed by atoms with Gasteiger partial charge in [0.1, 0.15) is 12.2 Å². The first-order valence-corrected chi connectivity index (χ1v) is 7.23. The molecule has 2 atom stereocenters. The first-order valence-electron chi connectivity index (χ1n) is 7.23. The summed E-state index contributed by atoms with van der Waals surface area (Å²) in [6, 6.07) is 9.83. The van der Waals surface area contributed by atoms with Crippen molar-refractivity contribution in [3.63, 3.8) is 0 Å². The van der Waals surface area contributed by atoms with Crippen LogP contribution in [-0.2, 0) is 30.3 Å². The van der Waals surface area contributed by atoms with Crippen LogP contribution in [0.25, 0.3) is 0 Å². The summed E-state index contributed by atoms with van der Waals surface area (Å²) >= 11 is 0. The quantitative estimate of drug-likeness (QED) is 0.597. The Labute approximate surface area is 130 Å². The maximum absolute atomic E-state index is 11.3. The maximum atomic E-state index is 11.3. The second-order valence-corrected chi connectivity index (χ2v) is 5.51. The molecule has 0 bridgehead atoms. The zero-order chi connectivity index (χ0) is 16.0. The van der Waals surface area contributed by atoms with E-state index in [0.29, 0.717) is 13.2 Å². The molecule has 1 aromatic carbocycles. The number of rotatable bonds is 6. The number of benzene rings is 1. The van der Waals surface area contributed by atoms with Crippen molar-refractivity contribution < 1.29 is 23.7 Å². The molecule has 1 fully saturated rings. The van der Waals surface area contributed by atoms with Crippen LogP contribution in [0.15, 0.2) is 42.5 Å². The molecule has 0 aliphatic carbocycles. The van der Waals surface area contributed by atoms with Crippen LogP contribution in [-0.4, -0.2) is 37.7 Å². The molecule has 5 heteroatoms. The average molecular weight is 306 g/mol. The normalized spacial score (nSPS) is 21.9. The first kappa shape index (κ1) is 16.7. The smallest absolute Gasteiger partial charge is 0.330 e. The number of carbonyl (C=O) groups excluding carboxylic acids is 1. The molecule has 5 nitrogen and oxygen atoms in total. The zero-order valence-corrected chi connectivity index (χ0v) is 13.2. The standard InChI is InChI=1S/C17H22O5/c1-17(2)21-12-15(22-17)14(9-10-16(18)19-3)20-11-13-7-5-4-6-8-13/h4-10,14-15H,11-12H2,1-3H3/b10-9-/t14-,15+/m1/s1. The molecular formula is C17H22O5. The van der Waals surface area contributed by atoms with Gasteiger partial charge in [-0.2, -0.15) is 0 Å². The van der Waals surface area contributed by atoms with Crippen LogP contribution in [0, 0.1) is 0 Å². The molecule has 0 amide bonds. The van der Waals surface area contributed by atoms with E-state index in [-0.39, 0.29) is 12.2 Å². The number of hydrogen-bond donors (Lipinski definition) is 0. The lowest BCUT2D eigenvalue weighted by Gasteiger charge is -2.22. The van der Waals surface area contributed by atoms with Crippen LogP contribution in [0.3, 0.4) is 0 Å². The lowest BCUT2D eigenvalue weighted by Crippen LogP contribution is -2.31. The molecule has 2 rings (SSSR count). The third kappa shape index (κ3) is 4.94. The van der Waals surface area contributed by atoms with Crippen LogP contribution in [0.4, 0.5) is 0 Å². The van der Waals surface area contributed by atoms with Crippen molar-refractivity contribution >= 4 is 5.97 Å². The second kappa shape index (κ2) is 7.54. The molecule has 120 valence electrons. The number of methoxy groups -OCH3 is 1. The largest absolute Gasteiger partial charge is 0.466 e. The highest BCUT2D eigenvalue weighted by Gasteiger charge is 2.37. The highest BCUT2D eigenvalue weighted by atomic mass is 16.7. The minimum absolute atomic E-state index is 0.264. The predicted molar refractivity (Wildman–Crippen MR) is 81.1 cm³/mol. The van der Waals surface area contributed by atoms with E-state index in [4.69, 9.17) is 14.2 Å². The fourth-order valence-electron chi connectivity index (χ4n) is 2.17. The van der Waals surface area contributed by atoms with E-state index >= 15 is 0 Å². The monoisotopic (exact) mass is 306 g/mol. The fraction of sp³-hybridized carbons (Fsp3) is 0.471. The van der Waals surface area contributed by atoms with Gasteiger partial charge in [0.05, 0.1) is 20.3 Å². The van der Waals surface area contributed by atoms with Gasteiger partial charge >= 0.3 is 5.97 Å². The number of carbonyl (C=O) groups is 1. The van der Waals surface area contributed by atoms with E-state index in [1.54, 1.807) is 6.08 Å². The molecule has 0 unspecified atom stereocenters. The second-order valence-electron chi connectivity index (χ2n) is 5.51. The summed E-state index contributed by atoms with van der Waals surface area (Å²) < 4.78 is 21.9. The van der Waals surface area contributed by atoms with Crippen molar-refractivity contribution in [2.24, 2.45) is 0 Å². The highest BCUT2D eigenvalue weighted by molar-refractivity contribution is 5.81. The molecule has 1 aromatic rings. The molecule has 1 saturated heterocycles. The van der Waals surface area contributed by atoms with Gasteiger partial charge in [0, 0.05) is 6.08 Å². The Balaban J connectivity index is 2.01. The van der Waals surface area contributed by atoms with Gasteiger partial charge in [-0.3, -0.25) is 0 Å². The molecule has 1 aliphatic heterocycles. The van der Waals surface area contributed by atoms with Crippen LogP contribution in [0.1, 0.15) is 19.4 Å². The third-order valence-corrected chi connectivity index (χ3v) is 3.31. The molecule has 22 heavy (non-hydrogen) atoms. The van der Waals surface area contributed by atoms with Crippen molar-refractivity contribution in [2.45, 2.75) is 38.4 Å². The zero-order valence-electron chi connectivity index (χ0n) is 13.2. The van der Waals surface area contributed by atoms with E-state index in [1.165, 1.54) is 13.2 Å². The summed E-state index contributed by atoms with van der Waals surface area (Å²) in [5, 5.41) is 0. The topological polar surface area (TPSA) is 54.0 Å². The molecular weight excluding hydrogens is 284 g/mol. The lowest BCUT2D eigenvalue weighted by atomic mass is 10.2. The van der Waals surface area contributed by atoms with Crippen LogP contribution in [0.5, 0.6) is 0 Å².